The first kappa shape index (κ1) is 11.6. The largest absolute Gasteiger partial charge is 0.383 e. The Bertz CT molecular complexity index is 374. The number of halogens is 1. The van der Waals surface area contributed by atoms with E-state index in [0.29, 0.717) is 18.0 Å². The fraction of sp³-hybridized carbons (Fsp3) is 0.600. The third kappa shape index (κ3) is 2.62. The number of hydrogen-bond donors (Lipinski definition) is 2. The van der Waals surface area contributed by atoms with Gasteiger partial charge in [-0.2, -0.15) is 0 Å². The van der Waals surface area contributed by atoms with Crippen LogP contribution < -0.4 is 11.1 Å². The Hall–Kier alpha value is -0.880. The summed E-state index contributed by atoms with van der Waals surface area (Å²) in [6.07, 6.45) is 3.73. The molecule has 1 aliphatic heterocycles. The van der Waals surface area contributed by atoms with E-state index in [1.807, 2.05) is 0 Å². The minimum absolute atomic E-state index is 0.296. The number of nitrogens with two attached hydrogens (primary N) is 1. The van der Waals surface area contributed by atoms with Crippen molar-refractivity contribution in [1.29, 1.82) is 0 Å². The first-order chi connectivity index (χ1) is 7.66. The maximum absolute atomic E-state index is 5.69. The van der Waals surface area contributed by atoms with Gasteiger partial charge in [-0.25, -0.2) is 9.97 Å². The lowest BCUT2D eigenvalue weighted by molar-refractivity contribution is 0.0231. The summed E-state index contributed by atoms with van der Waals surface area (Å²) in [7, 11) is 0. The van der Waals surface area contributed by atoms with E-state index in [0.717, 1.165) is 29.7 Å². The molecule has 1 aromatic heterocycles. The quantitative estimate of drug-likeness (QED) is 0.867. The molecule has 1 aliphatic rings. The standard InChI is InChI=1S/C10H15BrN4O/c1-6-4-7(2-3-16-6)15-10-8(11)9(12)13-5-14-10/h5-7H,2-4H2,1H3,(H3,12,13,14,15). The van der Waals surface area contributed by atoms with Crippen LogP contribution in [0.2, 0.25) is 0 Å². The van der Waals surface area contributed by atoms with Gasteiger partial charge in [0.2, 0.25) is 0 Å². The van der Waals surface area contributed by atoms with Crippen LogP contribution in [0.5, 0.6) is 0 Å². The van der Waals surface area contributed by atoms with Crippen LogP contribution in [0.15, 0.2) is 10.8 Å². The van der Waals surface area contributed by atoms with E-state index in [-0.39, 0.29) is 0 Å². The van der Waals surface area contributed by atoms with Gasteiger partial charge in [0.25, 0.3) is 0 Å². The first-order valence-electron chi connectivity index (χ1n) is 5.31. The molecule has 1 aromatic rings. The Labute approximate surface area is 103 Å². The lowest BCUT2D eigenvalue weighted by Crippen LogP contribution is -2.32. The normalized spacial score (nSPS) is 25.4. The number of ether oxygens (including phenoxy) is 1. The van der Waals surface area contributed by atoms with E-state index in [2.05, 4.69) is 38.1 Å². The molecule has 5 nitrogen and oxygen atoms in total. The van der Waals surface area contributed by atoms with Crippen molar-refractivity contribution in [2.45, 2.75) is 31.9 Å². The molecule has 2 heterocycles. The average Bonchev–Trinajstić information content (AvgIpc) is 2.25. The van der Waals surface area contributed by atoms with Gasteiger partial charge in [-0.05, 0) is 35.7 Å². The van der Waals surface area contributed by atoms with Gasteiger partial charge in [0.05, 0.1) is 6.10 Å². The molecular formula is C10H15BrN4O. The molecule has 0 spiro atoms. The average molecular weight is 287 g/mol. The third-order valence-electron chi connectivity index (χ3n) is 2.64. The maximum atomic E-state index is 5.69. The number of nitrogens with one attached hydrogen (secondary N) is 1. The van der Waals surface area contributed by atoms with Crippen molar-refractivity contribution in [1.82, 2.24) is 9.97 Å². The smallest absolute Gasteiger partial charge is 0.146 e. The summed E-state index contributed by atoms with van der Waals surface area (Å²) in [5, 5.41) is 3.36. The number of rotatable bonds is 2. The van der Waals surface area contributed by atoms with Crippen LogP contribution in [-0.4, -0.2) is 28.7 Å². The molecule has 1 saturated heterocycles. The second-order valence-electron chi connectivity index (χ2n) is 3.97. The van der Waals surface area contributed by atoms with Crippen molar-refractivity contribution in [3.63, 3.8) is 0 Å². The molecule has 16 heavy (non-hydrogen) atoms. The van der Waals surface area contributed by atoms with E-state index < -0.39 is 0 Å². The third-order valence-corrected chi connectivity index (χ3v) is 3.42. The Morgan fingerprint density at radius 3 is 3.12 bits per heavy atom. The molecule has 0 aromatic carbocycles. The predicted octanol–water partition coefficient (Wildman–Crippen LogP) is 1.80. The highest BCUT2D eigenvalue weighted by atomic mass is 79.9. The van der Waals surface area contributed by atoms with Gasteiger partial charge in [-0.15, -0.1) is 0 Å². The van der Waals surface area contributed by atoms with E-state index in [1.165, 1.54) is 6.33 Å². The highest BCUT2D eigenvalue weighted by molar-refractivity contribution is 9.10. The molecule has 0 amide bonds. The Kier molecular flexibility index (Phi) is 3.60. The van der Waals surface area contributed by atoms with Crippen molar-refractivity contribution in [3.8, 4) is 0 Å². The van der Waals surface area contributed by atoms with E-state index >= 15 is 0 Å². The van der Waals surface area contributed by atoms with Gasteiger partial charge in [0.15, 0.2) is 0 Å². The van der Waals surface area contributed by atoms with Gasteiger partial charge in [-0.1, -0.05) is 0 Å². The van der Waals surface area contributed by atoms with Gasteiger partial charge in [0.1, 0.15) is 22.4 Å². The van der Waals surface area contributed by atoms with Crippen LogP contribution in [0, 0.1) is 0 Å². The van der Waals surface area contributed by atoms with Gasteiger partial charge in [-0.3, -0.25) is 0 Å². The van der Waals surface area contributed by atoms with Gasteiger partial charge < -0.3 is 15.8 Å². The number of aromatic nitrogens is 2. The predicted molar refractivity (Wildman–Crippen MR) is 66.2 cm³/mol. The summed E-state index contributed by atoms with van der Waals surface area (Å²) in [5.74, 6) is 1.21. The fourth-order valence-electron chi connectivity index (χ4n) is 1.81. The number of anilines is 2. The molecule has 1 fully saturated rings. The molecule has 0 bridgehead atoms. The molecular weight excluding hydrogens is 272 g/mol. The van der Waals surface area contributed by atoms with Crippen LogP contribution >= 0.6 is 15.9 Å². The van der Waals surface area contributed by atoms with Crippen molar-refractivity contribution in [3.05, 3.63) is 10.8 Å². The second kappa shape index (κ2) is 4.97. The molecule has 0 radical (unpaired) electrons. The van der Waals surface area contributed by atoms with Gasteiger partial charge in [0, 0.05) is 12.6 Å². The van der Waals surface area contributed by atoms with E-state index in [4.69, 9.17) is 10.5 Å². The second-order valence-corrected chi connectivity index (χ2v) is 4.76. The Balaban J connectivity index is 2.05. The zero-order valence-corrected chi connectivity index (χ0v) is 10.7. The zero-order chi connectivity index (χ0) is 11.5. The SMILES string of the molecule is CC1CC(Nc2ncnc(N)c2Br)CCO1. The summed E-state index contributed by atoms with van der Waals surface area (Å²) in [6, 6.07) is 0.384. The number of hydrogen-bond acceptors (Lipinski definition) is 5. The zero-order valence-electron chi connectivity index (χ0n) is 9.11. The lowest BCUT2D eigenvalue weighted by Gasteiger charge is -2.28. The van der Waals surface area contributed by atoms with Crippen molar-refractivity contribution >= 4 is 27.6 Å². The summed E-state index contributed by atoms with van der Waals surface area (Å²) in [5.41, 5.74) is 5.69. The van der Waals surface area contributed by atoms with Crippen LogP contribution in [-0.2, 0) is 4.74 Å². The Morgan fingerprint density at radius 2 is 2.38 bits per heavy atom. The molecule has 6 heteroatoms. The highest BCUT2D eigenvalue weighted by Crippen LogP contribution is 2.26. The Morgan fingerprint density at radius 1 is 1.56 bits per heavy atom. The number of nitrogen functional groups attached to an aromatic ring is 1. The monoisotopic (exact) mass is 286 g/mol. The maximum Gasteiger partial charge on any atom is 0.146 e. The van der Waals surface area contributed by atoms with Crippen molar-refractivity contribution in [2.24, 2.45) is 0 Å². The van der Waals surface area contributed by atoms with Crippen LogP contribution in [0.4, 0.5) is 11.6 Å². The van der Waals surface area contributed by atoms with E-state index in [1.54, 1.807) is 0 Å². The molecule has 3 N–H and O–H groups in total. The summed E-state index contributed by atoms with van der Waals surface area (Å²) in [4.78, 5) is 8.07. The van der Waals surface area contributed by atoms with Crippen molar-refractivity contribution < 1.29 is 4.74 Å². The molecule has 0 saturated carbocycles. The topological polar surface area (TPSA) is 73.1 Å². The highest BCUT2D eigenvalue weighted by Gasteiger charge is 2.20. The minimum atomic E-state index is 0.296. The van der Waals surface area contributed by atoms with Crippen LogP contribution in [0.25, 0.3) is 0 Å². The lowest BCUT2D eigenvalue weighted by atomic mass is 10.0. The van der Waals surface area contributed by atoms with Crippen molar-refractivity contribution in [2.75, 3.05) is 17.7 Å². The molecule has 88 valence electrons. The van der Waals surface area contributed by atoms with E-state index in [9.17, 15) is 0 Å². The number of nitrogens with zero attached hydrogens (tertiary/aromatic N) is 2. The molecule has 0 aliphatic carbocycles. The van der Waals surface area contributed by atoms with Crippen LogP contribution in [0.1, 0.15) is 19.8 Å². The summed E-state index contributed by atoms with van der Waals surface area (Å²) < 4.78 is 6.22. The first-order valence-corrected chi connectivity index (χ1v) is 6.10. The fourth-order valence-corrected chi connectivity index (χ4v) is 2.13. The summed E-state index contributed by atoms with van der Waals surface area (Å²) in [6.45, 7) is 2.87. The van der Waals surface area contributed by atoms with Crippen LogP contribution in [0.3, 0.4) is 0 Å². The summed E-state index contributed by atoms with van der Waals surface area (Å²) >= 11 is 3.38. The molecule has 2 unspecified atom stereocenters. The van der Waals surface area contributed by atoms with Gasteiger partial charge >= 0.3 is 0 Å². The molecule has 2 atom stereocenters. The minimum Gasteiger partial charge on any atom is -0.383 e. The molecule has 2 rings (SSSR count).